The molecule has 22 heavy (non-hydrogen) atoms. The number of carbonyl (C=O) groups is 1. The van der Waals surface area contributed by atoms with E-state index in [1.807, 2.05) is 18.2 Å². The Labute approximate surface area is 124 Å². The number of nitrogens with zero attached hydrogens (tertiary/aromatic N) is 4. The number of para-hydroxylation sites is 1. The van der Waals surface area contributed by atoms with Crippen LogP contribution in [0, 0.1) is 0 Å². The SMILES string of the molecule is NOc1ccccc1Cc1ncc2nc(C(=O)O)cnc2n1. The first-order valence-electron chi connectivity index (χ1n) is 6.34. The number of aromatic nitrogens is 4. The highest BCUT2D eigenvalue weighted by atomic mass is 16.6. The lowest BCUT2D eigenvalue weighted by Gasteiger charge is -2.06. The third-order valence-corrected chi connectivity index (χ3v) is 3.02. The van der Waals surface area contributed by atoms with Gasteiger partial charge in [0, 0.05) is 12.0 Å². The Balaban J connectivity index is 1.95. The Hall–Kier alpha value is -3.13. The number of hydrogen-bond donors (Lipinski definition) is 2. The van der Waals surface area contributed by atoms with Crippen molar-refractivity contribution in [3.8, 4) is 5.75 Å². The second-order valence-corrected chi connectivity index (χ2v) is 4.46. The van der Waals surface area contributed by atoms with Crippen molar-refractivity contribution in [3.05, 3.63) is 53.7 Å². The van der Waals surface area contributed by atoms with Crippen molar-refractivity contribution >= 4 is 17.1 Å². The highest BCUT2D eigenvalue weighted by Gasteiger charge is 2.10. The molecule has 0 unspecified atom stereocenters. The van der Waals surface area contributed by atoms with Crippen molar-refractivity contribution in [3.63, 3.8) is 0 Å². The summed E-state index contributed by atoms with van der Waals surface area (Å²) in [5, 5.41) is 8.88. The quantitative estimate of drug-likeness (QED) is 0.682. The van der Waals surface area contributed by atoms with E-state index in [0.717, 1.165) is 5.56 Å². The zero-order valence-electron chi connectivity index (χ0n) is 11.3. The van der Waals surface area contributed by atoms with E-state index >= 15 is 0 Å². The maximum absolute atomic E-state index is 10.9. The summed E-state index contributed by atoms with van der Waals surface area (Å²) >= 11 is 0. The molecule has 0 saturated carbocycles. The predicted octanol–water partition coefficient (Wildman–Crippen LogP) is 0.961. The van der Waals surface area contributed by atoms with Crippen molar-refractivity contribution in [1.29, 1.82) is 0 Å². The minimum Gasteiger partial charge on any atom is -0.476 e. The number of carboxylic acid groups (broad SMARTS) is 1. The molecule has 0 saturated heterocycles. The minimum atomic E-state index is -1.15. The van der Waals surface area contributed by atoms with Gasteiger partial charge in [-0.25, -0.2) is 24.7 Å². The van der Waals surface area contributed by atoms with Gasteiger partial charge in [-0.05, 0) is 6.07 Å². The number of nitrogens with two attached hydrogens (primary N) is 1. The van der Waals surface area contributed by atoms with E-state index < -0.39 is 5.97 Å². The molecule has 3 N–H and O–H groups in total. The maximum atomic E-state index is 10.9. The molecule has 2 aromatic heterocycles. The van der Waals surface area contributed by atoms with Gasteiger partial charge in [0.2, 0.25) is 0 Å². The van der Waals surface area contributed by atoms with Gasteiger partial charge in [-0.3, -0.25) is 0 Å². The first kappa shape index (κ1) is 13.8. The van der Waals surface area contributed by atoms with Gasteiger partial charge in [-0.15, -0.1) is 0 Å². The highest BCUT2D eigenvalue weighted by Crippen LogP contribution is 2.19. The predicted molar refractivity (Wildman–Crippen MR) is 76.2 cm³/mol. The topological polar surface area (TPSA) is 124 Å². The molecule has 0 aliphatic heterocycles. The number of rotatable bonds is 4. The number of fused-ring (bicyclic) bond motifs is 1. The van der Waals surface area contributed by atoms with Crippen LogP contribution in [0.5, 0.6) is 5.75 Å². The number of hydrogen-bond acceptors (Lipinski definition) is 7. The van der Waals surface area contributed by atoms with Crippen LogP contribution in [0.2, 0.25) is 0 Å². The lowest BCUT2D eigenvalue weighted by molar-refractivity contribution is 0.0690. The Morgan fingerprint density at radius 1 is 1.18 bits per heavy atom. The molecule has 3 aromatic rings. The second kappa shape index (κ2) is 5.70. The van der Waals surface area contributed by atoms with Gasteiger partial charge in [-0.1, -0.05) is 18.2 Å². The fourth-order valence-corrected chi connectivity index (χ4v) is 1.98. The molecular weight excluding hydrogens is 286 g/mol. The first-order chi connectivity index (χ1) is 10.7. The van der Waals surface area contributed by atoms with Crippen LogP contribution in [0.1, 0.15) is 21.9 Å². The highest BCUT2D eigenvalue weighted by molar-refractivity contribution is 5.87. The molecule has 110 valence electrons. The summed E-state index contributed by atoms with van der Waals surface area (Å²) < 4.78 is 0. The molecule has 0 radical (unpaired) electrons. The van der Waals surface area contributed by atoms with Crippen LogP contribution in [-0.2, 0) is 6.42 Å². The fourth-order valence-electron chi connectivity index (χ4n) is 1.98. The summed E-state index contributed by atoms with van der Waals surface area (Å²) in [4.78, 5) is 32.0. The third kappa shape index (κ3) is 2.67. The van der Waals surface area contributed by atoms with Crippen LogP contribution in [0.4, 0.5) is 0 Å². The zero-order valence-corrected chi connectivity index (χ0v) is 11.3. The largest absolute Gasteiger partial charge is 0.476 e. The molecule has 8 heteroatoms. The molecule has 2 heterocycles. The van der Waals surface area contributed by atoms with Crippen molar-refractivity contribution in [2.75, 3.05) is 0 Å². The third-order valence-electron chi connectivity index (χ3n) is 3.02. The monoisotopic (exact) mass is 297 g/mol. The van der Waals surface area contributed by atoms with Gasteiger partial charge in [0.05, 0.1) is 12.4 Å². The summed E-state index contributed by atoms with van der Waals surface area (Å²) in [6.45, 7) is 0. The first-order valence-corrected chi connectivity index (χ1v) is 6.34. The standard InChI is InChI=1S/C14H11N5O3/c15-22-11-4-2-1-3-8(11)5-12-16-6-9-13(19-12)17-7-10(18-9)14(20)21/h1-4,6-7H,5,15H2,(H,20,21). The smallest absolute Gasteiger partial charge is 0.356 e. The van der Waals surface area contributed by atoms with Crippen LogP contribution >= 0.6 is 0 Å². The van der Waals surface area contributed by atoms with Crippen molar-refractivity contribution in [1.82, 2.24) is 19.9 Å². The number of carboxylic acids is 1. The zero-order chi connectivity index (χ0) is 15.5. The van der Waals surface area contributed by atoms with Crippen LogP contribution in [-0.4, -0.2) is 31.0 Å². The van der Waals surface area contributed by atoms with E-state index in [0.29, 0.717) is 29.2 Å². The average molecular weight is 297 g/mol. The van der Waals surface area contributed by atoms with Crippen LogP contribution < -0.4 is 10.7 Å². The van der Waals surface area contributed by atoms with E-state index in [1.54, 1.807) is 6.07 Å². The molecule has 0 atom stereocenters. The van der Waals surface area contributed by atoms with Crippen LogP contribution in [0.3, 0.4) is 0 Å². The molecule has 8 nitrogen and oxygen atoms in total. The summed E-state index contributed by atoms with van der Waals surface area (Å²) in [5.41, 5.74) is 1.35. The van der Waals surface area contributed by atoms with Crippen molar-refractivity contribution < 1.29 is 14.7 Å². The Bertz CT molecular complexity index is 853. The van der Waals surface area contributed by atoms with E-state index in [9.17, 15) is 4.79 Å². The van der Waals surface area contributed by atoms with Gasteiger partial charge < -0.3 is 9.94 Å². The second-order valence-electron chi connectivity index (χ2n) is 4.46. The fraction of sp³-hybridized carbons (Fsp3) is 0.0714. The lowest BCUT2D eigenvalue weighted by Crippen LogP contribution is -2.07. The van der Waals surface area contributed by atoms with Gasteiger partial charge in [0.1, 0.15) is 17.1 Å². The Morgan fingerprint density at radius 3 is 2.77 bits per heavy atom. The number of aromatic carboxylic acids is 1. The van der Waals surface area contributed by atoms with Gasteiger partial charge in [-0.2, -0.15) is 5.90 Å². The molecule has 0 fully saturated rings. The lowest BCUT2D eigenvalue weighted by atomic mass is 10.1. The molecule has 0 amide bonds. The van der Waals surface area contributed by atoms with E-state index in [1.165, 1.54) is 12.4 Å². The summed E-state index contributed by atoms with van der Waals surface area (Å²) in [5.74, 6) is 5.12. The molecule has 0 aliphatic rings. The minimum absolute atomic E-state index is 0.147. The van der Waals surface area contributed by atoms with Crippen LogP contribution in [0.15, 0.2) is 36.7 Å². The van der Waals surface area contributed by atoms with Crippen molar-refractivity contribution in [2.24, 2.45) is 5.90 Å². The molecule has 0 bridgehead atoms. The van der Waals surface area contributed by atoms with Gasteiger partial charge >= 0.3 is 5.97 Å². The van der Waals surface area contributed by atoms with E-state index in [-0.39, 0.29) is 5.69 Å². The summed E-state index contributed by atoms with van der Waals surface area (Å²) in [6.07, 6.45) is 3.02. The number of benzene rings is 1. The summed E-state index contributed by atoms with van der Waals surface area (Å²) in [7, 11) is 0. The molecule has 0 aliphatic carbocycles. The van der Waals surface area contributed by atoms with Crippen molar-refractivity contribution in [2.45, 2.75) is 6.42 Å². The Kier molecular flexibility index (Phi) is 3.58. The van der Waals surface area contributed by atoms with Gasteiger partial charge in [0.25, 0.3) is 0 Å². The molecular formula is C14H11N5O3. The molecule has 0 spiro atoms. The van der Waals surface area contributed by atoms with E-state index in [4.69, 9.17) is 15.8 Å². The normalized spacial score (nSPS) is 10.6. The Morgan fingerprint density at radius 2 is 2.00 bits per heavy atom. The molecule has 3 rings (SSSR count). The average Bonchev–Trinajstić information content (AvgIpc) is 2.54. The van der Waals surface area contributed by atoms with Gasteiger partial charge in [0.15, 0.2) is 11.3 Å². The molecule has 1 aromatic carbocycles. The summed E-state index contributed by atoms with van der Waals surface area (Å²) in [6, 6.07) is 7.27. The van der Waals surface area contributed by atoms with E-state index in [2.05, 4.69) is 19.9 Å². The van der Waals surface area contributed by atoms with Crippen LogP contribution in [0.25, 0.3) is 11.2 Å². The maximum Gasteiger partial charge on any atom is 0.356 e.